The Bertz CT molecular complexity index is 819. The van der Waals surface area contributed by atoms with E-state index in [0.717, 1.165) is 0 Å². The summed E-state index contributed by atoms with van der Waals surface area (Å²) in [4.78, 5) is 33.5. The largest absolute Gasteiger partial charge is 0.456 e. The maximum atomic E-state index is 12.2. The molecule has 0 radical (unpaired) electrons. The number of nitrogens with zero attached hydrogens (tertiary/aromatic N) is 1. The van der Waals surface area contributed by atoms with E-state index in [9.17, 15) is 14.8 Å². The third-order valence-electron chi connectivity index (χ3n) is 3.87. The average molecular weight is 403 g/mol. The van der Waals surface area contributed by atoms with Crippen molar-refractivity contribution < 1.29 is 38.8 Å². The first-order valence-electron chi connectivity index (χ1n) is 8.49. The van der Waals surface area contributed by atoms with Crippen LogP contribution in [0.3, 0.4) is 0 Å². The highest BCUT2D eigenvalue weighted by Crippen LogP contribution is 2.17. The minimum Gasteiger partial charge on any atom is -0.456 e. The summed E-state index contributed by atoms with van der Waals surface area (Å²) in [6.45, 7) is -1.04. The molecule has 0 aliphatic rings. The molecule has 0 fully saturated rings. The SMILES string of the molecule is CO/N=C(/COC(=O)c1ccccc1)C(COC(=O)c1ccccc1)(OC)OO. The molecule has 9 heteroatoms. The van der Waals surface area contributed by atoms with Crippen molar-refractivity contribution in [3.8, 4) is 0 Å². The quantitative estimate of drug-likeness (QED) is 0.212. The van der Waals surface area contributed by atoms with Crippen LogP contribution in [-0.2, 0) is 23.9 Å². The molecular formula is C20H21NO8. The molecule has 1 unspecified atom stereocenters. The van der Waals surface area contributed by atoms with Crippen LogP contribution < -0.4 is 0 Å². The van der Waals surface area contributed by atoms with E-state index in [1.807, 2.05) is 0 Å². The van der Waals surface area contributed by atoms with Crippen molar-refractivity contribution >= 4 is 17.7 Å². The van der Waals surface area contributed by atoms with Gasteiger partial charge >= 0.3 is 11.9 Å². The first-order chi connectivity index (χ1) is 14.1. The molecular weight excluding hydrogens is 382 g/mol. The molecule has 0 aromatic heterocycles. The molecule has 0 bridgehead atoms. The first-order valence-corrected chi connectivity index (χ1v) is 8.49. The fourth-order valence-electron chi connectivity index (χ4n) is 2.30. The molecule has 2 aromatic rings. The topological polar surface area (TPSA) is 113 Å². The van der Waals surface area contributed by atoms with Gasteiger partial charge in [0.1, 0.15) is 13.7 Å². The zero-order valence-electron chi connectivity index (χ0n) is 15.9. The van der Waals surface area contributed by atoms with Crippen molar-refractivity contribution in [2.75, 3.05) is 27.4 Å². The second-order valence-electron chi connectivity index (χ2n) is 5.65. The molecule has 0 aliphatic carbocycles. The molecule has 1 atom stereocenters. The first kappa shape index (κ1) is 22.0. The van der Waals surface area contributed by atoms with Crippen molar-refractivity contribution in [3.05, 3.63) is 71.8 Å². The van der Waals surface area contributed by atoms with Gasteiger partial charge in [-0.25, -0.2) is 14.8 Å². The van der Waals surface area contributed by atoms with Crippen LogP contribution in [0.1, 0.15) is 20.7 Å². The van der Waals surface area contributed by atoms with Crippen molar-refractivity contribution in [3.63, 3.8) is 0 Å². The number of ether oxygens (including phenoxy) is 3. The summed E-state index contributed by atoms with van der Waals surface area (Å²) < 4.78 is 15.5. The van der Waals surface area contributed by atoms with Crippen molar-refractivity contribution in [1.29, 1.82) is 0 Å². The van der Waals surface area contributed by atoms with Crippen LogP contribution in [0.25, 0.3) is 0 Å². The molecule has 0 aliphatic heterocycles. The zero-order valence-corrected chi connectivity index (χ0v) is 15.9. The van der Waals surface area contributed by atoms with Gasteiger partial charge in [-0.3, -0.25) is 0 Å². The smallest absolute Gasteiger partial charge is 0.338 e. The van der Waals surface area contributed by atoms with Gasteiger partial charge in [-0.2, -0.15) is 4.89 Å². The average Bonchev–Trinajstić information content (AvgIpc) is 2.79. The monoisotopic (exact) mass is 403 g/mol. The lowest BCUT2D eigenvalue weighted by molar-refractivity contribution is -0.376. The summed E-state index contributed by atoms with van der Waals surface area (Å²) in [5, 5.41) is 13.1. The minimum atomic E-state index is -2.04. The molecule has 154 valence electrons. The van der Waals surface area contributed by atoms with Crippen molar-refractivity contribution in [2.24, 2.45) is 5.16 Å². The van der Waals surface area contributed by atoms with Crippen LogP contribution in [0.5, 0.6) is 0 Å². The number of hydrogen-bond donors (Lipinski definition) is 1. The van der Waals surface area contributed by atoms with E-state index in [4.69, 9.17) is 19.0 Å². The number of benzene rings is 2. The minimum absolute atomic E-state index is 0.171. The summed E-state index contributed by atoms with van der Waals surface area (Å²) in [7, 11) is 2.43. The van der Waals surface area contributed by atoms with Gasteiger partial charge < -0.3 is 19.0 Å². The molecule has 0 amide bonds. The summed E-state index contributed by atoms with van der Waals surface area (Å²) >= 11 is 0. The Morgan fingerprint density at radius 1 is 0.897 bits per heavy atom. The summed E-state index contributed by atoms with van der Waals surface area (Å²) in [6, 6.07) is 16.5. The van der Waals surface area contributed by atoms with Gasteiger partial charge in [0.05, 0.1) is 11.1 Å². The number of carbonyl (C=O) groups is 2. The molecule has 0 saturated heterocycles. The standard InChI is InChI=1S/C20H21NO8/c1-25-20(29-24,14-28-19(23)16-11-7-4-8-12-16)17(21-26-2)13-27-18(22)15-9-5-3-6-10-15/h3-12,24H,13-14H2,1-2H3/b21-17-. The van der Waals surface area contributed by atoms with Gasteiger partial charge in [-0.15, -0.1) is 0 Å². The predicted octanol–water partition coefficient (Wildman–Crippen LogP) is 2.54. The number of esters is 2. The van der Waals surface area contributed by atoms with Gasteiger partial charge in [0.2, 0.25) is 0 Å². The highest BCUT2D eigenvalue weighted by Gasteiger charge is 2.42. The number of hydrogen-bond acceptors (Lipinski definition) is 9. The fourth-order valence-corrected chi connectivity index (χ4v) is 2.30. The predicted molar refractivity (Wildman–Crippen MR) is 101 cm³/mol. The molecule has 9 nitrogen and oxygen atoms in total. The molecule has 29 heavy (non-hydrogen) atoms. The van der Waals surface area contributed by atoms with E-state index < -0.39 is 30.9 Å². The maximum Gasteiger partial charge on any atom is 0.338 e. The number of carbonyl (C=O) groups excluding carboxylic acids is 2. The van der Waals surface area contributed by atoms with Gasteiger partial charge in [-0.1, -0.05) is 41.6 Å². The van der Waals surface area contributed by atoms with E-state index in [1.54, 1.807) is 60.7 Å². The van der Waals surface area contributed by atoms with Gasteiger partial charge in [0.25, 0.3) is 5.79 Å². The molecule has 2 rings (SSSR count). The molecule has 0 spiro atoms. The van der Waals surface area contributed by atoms with Crippen LogP contribution in [-0.4, -0.2) is 56.1 Å². The Hall–Kier alpha value is -3.27. The second kappa shape index (κ2) is 10.9. The Kier molecular flexibility index (Phi) is 8.28. The van der Waals surface area contributed by atoms with Crippen LogP contribution in [0.4, 0.5) is 0 Å². The third-order valence-corrected chi connectivity index (χ3v) is 3.87. The van der Waals surface area contributed by atoms with Crippen LogP contribution in [0.15, 0.2) is 65.8 Å². The van der Waals surface area contributed by atoms with Gasteiger partial charge in [-0.05, 0) is 24.3 Å². The zero-order chi connectivity index (χ0) is 21.1. The van der Waals surface area contributed by atoms with Crippen LogP contribution in [0.2, 0.25) is 0 Å². The molecule has 0 saturated carbocycles. The lowest BCUT2D eigenvalue weighted by Gasteiger charge is -2.28. The van der Waals surface area contributed by atoms with Crippen LogP contribution >= 0.6 is 0 Å². The third kappa shape index (κ3) is 5.85. The second-order valence-corrected chi connectivity index (χ2v) is 5.65. The lowest BCUT2D eigenvalue weighted by Crippen LogP contribution is -2.50. The summed E-state index contributed by atoms with van der Waals surface area (Å²) in [6.07, 6.45) is 0. The van der Waals surface area contributed by atoms with E-state index in [2.05, 4.69) is 10.0 Å². The van der Waals surface area contributed by atoms with Gasteiger partial charge in [0.15, 0.2) is 12.3 Å². The van der Waals surface area contributed by atoms with E-state index in [0.29, 0.717) is 5.56 Å². The molecule has 1 N–H and O–H groups in total. The highest BCUT2D eigenvalue weighted by atomic mass is 17.1. The Balaban J connectivity index is 2.11. The molecule has 0 heterocycles. The van der Waals surface area contributed by atoms with E-state index in [1.165, 1.54) is 14.2 Å². The fraction of sp³-hybridized carbons (Fsp3) is 0.250. The highest BCUT2D eigenvalue weighted by molar-refractivity contribution is 5.96. The van der Waals surface area contributed by atoms with E-state index >= 15 is 0 Å². The summed E-state index contributed by atoms with van der Waals surface area (Å²) in [5.74, 6) is -3.36. The Morgan fingerprint density at radius 3 is 1.86 bits per heavy atom. The maximum absolute atomic E-state index is 12.2. The molecule has 2 aromatic carbocycles. The lowest BCUT2D eigenvalue weighted by atomic mass is 10.1. The Morgan fingerprint density at radius 2 is 1.41 bits per heavy atom. The van der Waals surface area contributed by atoms with Crippen LogP contribution in [0, 0.1) is 0 Å². The normalized spacial score (nSPS) is 13.3. The number of oxime groups is 1. The van der Waals surface area contributed by atoms with Gasteiger partial charge in [0, 0.05) is 7.11 Å². The Labute approximate surface area is 167 Å². The van der Waals surface area contributed by atoms with Crippen molar-refractivity contribution in [2.45, 2.75) is 5.79 Å². The van der Waals surface area contributed by atoms with Crippen molar-refractivity contribution in [1.82, 2.24) is 0 Å². The summed E-state index contributed by atoms with van der Waals surface area (Å²) in [5.41, 5.74) is 0.430. The number of methoxy groups -OCH3 is 1. The van der Waals surface area contributed by atoms with E-state index in [-0.39, 0.29) is 11.3 Å². The number of rotatable bonds is 10.